The number of hydrogen-bond donors (Lipinski definition) is 1. The van der Waals surface area contributed by atoms with Crippen LogP contribution in [-0.4, -0.2) is 26.7 Å². The first-order valence-corrected chi connectivity index (χ1v) is 2.90. The summed E-state index contributed by atoms with van der Waals surface area (Å²) >= 11 is 0. The molecule has 0 aromatic heterocycles. The zero-order valence-corrected chi connectivity index (χ0v) is 6.52. The maximum atomic E-state index is 9.82. The fourth-order valence-corrected chi connectivity index (χ4v) is 0.203. The zero-order valence-electron chi connectivity index (χ0n) is 6.52. The van der Waals surface area contributed by atoms with Gasteiger partial charge in [-0.1, -0.05) is 0 Å². The molecule has 3 nitrogen and oxygen atoms in total. The minimum Gasteiger partial charge on any atom is -0.466 e. The van der Waals surface area contributed by atoms with Gasteiger partial charge in [0.15, 0.2) is 0 Å². The van der Waals surface area contributed by atoms with E-state index in [-0.39, 0.29) is 5.97 Å². The van der Waals surface area contributed by atoms with E-state index in [4.69, 9.17) is 0 Å². The SMILES string of the molecule is CCOC(C)=O.CNC. The summed E-state index contributed by atoms with van der Waals surface area (Å²) in [4.78, 5) is 9.82. The molecule has 1 N–H and O–H groups in total. The predicted molar refractivity (Wildman–Crippen MR) is 37.3 cm³/mol. The summed E-state index contributed by atoms with van der Waals surface area (Å²) in [5.41, 5.74) is 0. The monoisotopic (exact) mass is 133 g/mol. The molecule has 0 amide bonds. The van der Waals surface area contributed by atoms with E-state index in [2.05, 4.69) is 10.1 Å². The molecular weight excluding hydrogens is 118 g/mol. The van der Waals surface area contributed by atoms with E-state index >= 15 is 0 Å². The maximum Gasteiger partial charge on any atom is 0.302 e. The molecular formula is C6H15NO2. The standard InChI is InChI=1S/C4H8O2.C2H7N/c1-3-6-4(2)5;1-3-2/h3H2,1-2H3;3H,1-2H3. The molecule has 0 atom stereocenters. The first-order valence-electron chi connectivity index (χ1n) is 2.90. The number of carbonyl (C=O) groups excluding carboxylic acids is 1. The van der Waals surface area contributed by atoms with Crippen LogP contribution in [0.2, 0.25) is 0 Å². The van der Waals surface area contributed by atoms with Crippen LogP contribution in [0.3, 0.4) is 0 Å². The second-order valence-corrected chi connectivity index (χ2v) is 1.42. The van der Waals surface area contributed by atoms with Gasteiger partial charge < -0.3 is 10.1 Å². The molecule has 0 heterocycles. The molecule has 0 bridgehead atoms. The minimum atomic E-state index is -0.211. The summed E-state index contributed by atoms with van der Waals surface area (Å²) in [7, 11) is 3.75. The Hall–Kier alpha value is -0.570. The van der Waals surface area contributed by atoms with Crippen molar-refractivity contribution < 1.29 is 9.53 Å². The molecule has 0 unspecified atom stereocenters. The fourth-order valence-electron chi connectivity index (χ4n) is 0.203. The molecule has 56 valence electrons. The van der Waals surface area contributed by atoms with Crippen molar-refractivity contribution in [3.63, 3.8) is 0 Å². The molecule has 3 heteroatoms. The van der Waals surface area contributed by atoms with Gasteiger partial charge in [-0.05, 0) is 21.0 Å². The van der Waals surface area contributed by atoms with Crippen molar-refractivity contribution in [2.75, 3.05) is 20.7 Å². The average molecular weight is 133 g/mol. The van der Waals surface area contributed by atoms with E-state index in [0.717, 1.165) is 0 Å². The molecule has 0 spiro atoms. The molecule has 0 saturated carbocycles. The lowest BCUT2D eigenvalue weighted by molar-refractivity contribution is -0.140. The van der Waals surface area contributed by atoms with Gasteiger partial charge in [0.05, 0.1) is 6.61 Å². The topological polar surface area (TPSA) is 38.3 Å². The molecule has 0 saturated heterocycles. The van der Waals surface area contributed by atoms with Gasteiger partial charge in [-0.3, -0.25) is 4.79 Å². The van der Waals surface area contributed by atoms with Crippen LogP contribution in [0.25, 0.3) is 0 Å². The van der Waals surface area contributed by atoms with Crippen molar-refractivity contribution in [2.24, 2.45) is 0 Å². The highest BCUT2D eigenvalue weighted by atomic mass is 16.5. The van der Waals surface area contributed by atoms with E-state index in [9.17, 15) is 4.79 Å². The highest BCUT2D eigenvalue weighted by molar-refractivity contribution is 5.65. The number of rotatable bonds is 1. The number of esters is 1. The van der Waals surface area contributed by atoms with Crippen molar-refractivity contribution in [2.45, 2.75) is 13.8 Å². The summed E-state index contributed by atoms with van der Waals surface area (Å²) in [6, 6.07) is 0. The van der Waals surface area contributed by atoms with Gasteiger partial charge >= 0.3 is 5.97 Å². The maximum absolute atomic E-state index is 9.82. The normalized spacial score (nSPS) is 7.11. The van der Waals surface area contributed by atoms with Gasteiger partial charge in [0.1, 0.15) is 0 Å². The molecule has 0 aliphatic carbocycles. The molecule has 0 aliphatic heterocycles. The number of nitrogens with one attached hydrogen (secondary N) is 1. The molecule has 0 rings (SSSR count). The first kappa shape index (κ1) is 11.3. The Bertz CT molecular complexity index is 64.1. The lowest BCUT2D eigenvalue weighted by Crippen LogP contribution is -1.95. The van der Waals surface area contributed by atoms with Crippen molar-refractivity contribution >= 4 is 5.97 Å². The van der Waals surface area contributed by atoms with E-state index in [1.165, 1.54) is 6.92 Å². The van der Waals surface area contributed by atoms with E-state index in [1.54, 1.807) is 6.92 Å². The second kappa shape index (κ2) is 10.4. The Morgan fingerprint density at radius 3 is 1.89 bits per heavy atom. The van der Waals surface area contributed by atoms with Crippen LogP contribution >= 0.6 is 0 Å². The second-order valence-electron chi connectivity index (χ2n) is 1.42. The van der Waals surface area contributed by atoms with E-state index in [0.29, 0.717) is 6.61 Å². The third-order valence-electron chi connectivity index (χ3n) is 0.348. The Balaban J connectivity index is 0. The highest BCUT2D eigenvalue weighted by Crippen LogP contribution is 1.69. The van der Waals surface area contributed by atoms with Gasteiger partial charge in [-0.25, -0.2) is 0 Å². The number of carbonyl (C=O) groups is 1. The average Bonchev–Trinajstić information content (AvgIpc) is 1.67. The molecule has 0 aromatic rings. The highest BCUT2D eigenvalue weighted by Gasteiger charge is 1.81. The smallest absolute Gasteiger partial charge is 0.302 e. The van der Waals surface area contributed by atoms with Gasteiger partial charge in [-0.2, -0.15) is 0 Å². The molecule has 0 aromatic carbocycles. The largest absolute Gasteiger partial charge is 0.466 e. The summed E-state index contributed by atoms with van der Waals surface area (Å²) < 4.78 is 4.40. The summed E-state index contributed by atoms with van der Waals surface area (Å²) in [6.45, 7) is 3.65. The summed E-state index contributed by atoms with van der Waals surface area (Å²) in [5, 5.41) is 2.75. The zero-order chi connectivity index (χ0) is 7.70. The van der Waals surface area contributed by atoms with Gasteiger partial charge in [0.25, 0.3) is 0 Å². The molecule has 0 aliphatic rings. The lowest BCUT2D eigenvalue weighted by Gasteiger charge is -1.89. The number of hydrogen-bond acceptors (Lipinski definition) is 3. The van der Waals surface area contributed by atoms with Crippen LogP contribution in [0.15, 0.2) is 0 Å². The predicted octanol–water partition coefficient (Wildman–Crippen LogP) is 0.405. The summed E-state index contributed by atoms with van der Waals surface area (Å²) in [5.74, 6) is -0.211. The van der Waals surface area contributed by atoms with Crippen molar-refractivity contribution in [1.82, 2.24) is 5.32 Å². The van der Waals surface area contributed by atoms with E-state index in [1.807, 2.05) is 14.1 Å². The third-order valence-corrected chi connectivity index (χ3v) is 0.348. The van der Waals surface area contributed by atoms with Crippen LogP contribution in [-0.2, 0) is 9.53 Å². The Kier molecular flexibility index (Phi) is 13.0. The van der Waals surface area contributed by atoms with Crippen LogP contribution in [0.5, 0.6) is 0 Å². The van der Waals surface area contributed by atoms with Crippen molar-refractivity contribution in [1.29, 1.82) is 0 Å². The molecule has 0 fully saturated rings. The van der Waals surface area contributed by atoms with Gasteiger partial charge in [-0.15, -0.1) is 0 Å². The summed E-state index contributed by atoms with van der Waals surface area (Å²) in [6.07, 6.45) is 0. The van der Waals surface area contributed by atoms with E-state index < -0.39 is 0 Å². The van der Waals surface area contributed by atoms with Crippen LogP contribution in [0.1, 0.15) is 13.8 Å². The Morgan fingerprint density at radius 2 is 1.89 bits per heavy atom. The minimum absolute atomic E-state index is 0.211. The Labute approximate surface area is 56.4 Å². The van der Waals surface area contributed by atoms with Crippen LogP contribution < -0.4 is 5.32 Å². The van der Waals surface area contributed by atoms with Crippen LogP contribution in [0, 0.1) is 0 Å². The third kappa shape index (κ3) is 37.1. The quantitative estimate of drug-likeness (QED) is 0.526. The fraction of sp³-hybridized carbons (Fsp3) is 0.833. The Morgan fingerprint density at radius 1 is 1.56 bits per heavy atom. The van der Waals surface area contributed by atoms with Crippen molar-refractivity contribution in [3.8, 4) is 0 Å². The number of ether oxygens (including phenoxy) is 1. The lowest BCUT2D eigenvalue weighted by atomic mass is 10.8. The molecule has 0 radical (unpaired) electrons. The van der Waals surface area contributed by atoms with Gasteiger partial charge in [0, 0.05) is 6.92 Å². The first-order chi connectivity index (χ1) is 4.18. The molecule has 9 heavy (non-hydrogen) atoms. The van der Waals surface area contributed by atoms with Crippen molar-refractivity contribution in [3.05, 3.63) is 0 Å². The van der Waals surface area contributed by atoms with Gasteiger partial charge in [0.2, 0.25) is 0 Å². The van der Waals surface area contributed by atoms with Crippen LogP contribution in [0.4, 0.5) is 0 Å².